The SMILES string of the molecule is N#Cc1ccc(C=O)cc1.NC1CCCCC1.NC[C@H](N)C(=O)O. The van der Waals surface area contributed by atoms with Gasteiger partial charge in [-0.25, -0.2) is 0 Å². The molecule has 1 aliphatic carbocycles. The fourth-order valence-electron chi connectivity index (χ4n) is 1.87. The summed E-state index contributed by atoms with van der Waals surface area (Å²) in [4.78, 5) is 19.8. The average molecular weight is 334 g/mol. The molecule has 0 aromatic heterocycles. The van der Waals surface area contributed by atoms with E-state index in [4.69, 9.17) is 27.6 Å². The molecule has 0 amide bonds. The van der Waals surface area contributed by atoms with Gasteiger partial charge < -0.3 is 22.3 Å². The number of carboxylic acid groups (broad SMARTS) is 1. The van der Waals surface area contributed by atoms with Crippen molar-refractivity contribution in [2.45, 2.75) is 44.2 Å². The van der Waals surface area contributed by atoms with Crippen molar-refractivity contribution in [3.05, 3.63) is 35.4 Å². The number of nitrogens with two attached hydrogens (primary N) is 3. The lowest BCUT2D eigenvalue weighted by atomic mass is 9.97. The van der Waals surface area contributed by atoms with Crippen LogP contribution in [0.5, 0.6) is 0 Å². The Morgan fingerprint density at radius 1 is 1.29 bits per heavy atom. The van der Waals surface area contributed by atoms with Gasteiger partial charge in [-0.3, -0.25) is 9.59 Å². The summed E-state index contributed by atoms with van der Waals surface area (Å²) >= 11 is 0. The molecule has 1 atom stereocenters. The summed E-state index contributed by atoms with van der Waals surface area (Å²) in [6.45, 7) is -0.00463. The van der Waals surface area contributed by atoms with E-state index >= 15 is 0 Å². The lowest BCUT2D eigenvalue weighted by molar-refractivity contribution is -0.138. The Hall–Kier alpha value is -2.27. The largest absolute Gasteiger partial charge is 0.480 e. The highest BCUT2D eigenvalue weighted by atomic mass is 16.4. The summed E-state index contributed by atoms with van der Waals surface area (Å²) in [5, 5.41) is 16.3. The maximum atomic E-state index is 10.1. The number of hydrogen-bond acceptors (Lipinski definition) is 6. The van der Waals surface area contributed by atoms with Gasteiger partial charge in [-0.2, -0.15) is 5.26 Å². The minimum Gasteiger partial charge on any atom is -0.480 e. The molecule has 2 rings (SSSR count). The number of carbonyl (C=O) groups excluding carboxylic acids is 1. The predicted octanol–water partition coefficient (Wildman–Crippen LogP) is 1.01. The molecule has 0 unspecified atom stereocenters. The van der Waals surface area contributed by atoms with Crippen LogP contribution in [0.3, 0.4) is 0 Å². The summed E-state index contributed by atoms with van der Waals surface area (Å²) in [5.74, 6) is -1.05. The van der Waals surface area contributed by atoms with Crippen molar-refractivity contribution in [1.29, 1.82) is 5.26 Å². The van der Waals surface area contributed by atoms with Crippen LogP contribution in [0.4, 0.5) is 0 Å². The third-order valence-corrected chi connectivity index (χ3v) is 3.40. The molecule has 0 aliphatic heterocycles. The fraction of sp³-hybridized carbons (Fsp3) is 0.471. The molecule has 0 radical (unpaired) electrons. The van der Waals surface area contributed by atoms with Gasteiger partial charge in [0.15, 0.2) is 0 Å². The van der Waals surface area contributed by atoms with Crippen LogP contribution in [-0.4, -0.2) is 36.0 Å². The molecule has 1 aromatic rings. The molecule has 132 valence electrons. The van der Waals surface area contributed by atoms with Gasteiger partial charge in [0.05, 0.1) is 11.6 Å². The molecule has 0 saturated heterocycles. The monoisotopic (exact) mass is 334 g/mol. The standard InChI is InChI=1S/C8H5NO.C6H13N.C3H8N2O2/c9-5-7-1-3-8(6-10)4-2-7;7-6-4-2-1-3-5-6;4-1-2(5)3(6)7/h1-4,6H;6H,1-5,7H2;2H,1,4-5H2,(H,6,7)/t;;2-/m..0/s1. The Morgan fingerprint density at radius 2 is 1.83 bits per heavy atom. The molecule has 1 aromatic carbocycles. The highest BCUT2D eigenvalue weighted by Gasteiger charge is 2.06. The van der Waals surface area contributed by atoms with Crippen LogP contribution >= 0.6 is 0 Å². The second-order valence-electron chi connectivity index (χ2n) is 5.43. The quantitative estimate of drug-likeness (QED) is 0.601. The van der Waals surface area contributed by atoms with Crippen LogP contribution in [0.2, 0.25) is 0 Å². The second kappa shape index (κ2) is 13.2. The Balaban J connectivity index is 0.000000340. The number of carboxylic acids is 1. The van der Waals surface area contributed by atoms with Crippen molar-refractivity contribution in [1.82, 2.24) is 0 Å². The van der Waals surface area contributed by atoms with Gasteiger partial charge in [0.2, 0.25) is 0 Å². The first-order valence-electron chi connectivity index (χ1n) is 7.84. The zero-order chi connectivity index (χ0) is 18.4. The van der Waals surface area contributed by atoms with Crippen molar-refractivity contribution >= 4 is 12.3 Å². The Bertz CT molecular complexity index is 520. The highest BCUT2D eigenvalue weighted by molar-refractivity contribution is 5.74. The Kier molecular flexibility index (Phi) is 11.9. The molecule has 0 heterocycles. The molecule has 7 nitrogen and oxygen atoms in total. The topological polar surface area (TPSA) is 156 Å². The minimum atomic E-state index is -1.05. The molecule has 7 heteroatoms. The number of rotatable bonds is 3. The first-order valence-corrected chi connectivity index (χ1v) is 7.84. The van der Waals surface area contributed by atoms with E-state index in [2.05, 4.69) is 0 Å². The van der Waals surface area contributed by atoms with Gasteiger partial charge in [-0.05, 0) is 25.0 Å². The van der Waals surface area contributed by atoms with Gasteiger partial charge in [-0.1, -0.05) is 31.4 Å². The van der Waals surface area contributed by atoms with E-state index in [1.165, 1.54) is 32.1 Å². The van der Waals surface area contributed by atoms with Crippen molar-refractivity contribution < 1.29 is 14.7 Å². The third kappa shape index (κ3) is 10.5. The normalized spacial score (nSPS) is 14.8. The van der Waals surface area contributed by atoms with Crippen LogP contribution < -0.4 is 17.2 Å². The number of aliphatic carboxylic acids is 1. The maximum absolute atomic E-state index is 10.1. The van der Waals surface area contributed by atoms with Gasteiger partial charge >= 0.3 is 5.97 Å². The number of nitriles is 1. The fourth-order valence-corrected chi connectivity index (χ4v) is 1.87. The van der Waals surface area contributed by atoms with E-state index in [-0.39, 0.29) is 6.54 Å². The molecule has 1 aliphatic rings. The van der Waals surface area contributed by atoms with Crippen LogP contribution in [0, 0.1) is 11.3 Å². The third-order valence-electron chi connectivity index (χ3n) is 3.40. The first-order chi connectivity index (χ1) is 11.4. The zero-order valence-corrected chi connectivity index (χ0v) is 13.7. The summed E-state index contributed by atoms with van der Waals surface area (Å²) < 4.78 is 0. The van der Waals surface area contributed by atoms with Crippen LogP contribution in [0.15, 0.2) is 24.3 Å². The molecule has 7 N–H and O–H groups in total. The lowest BCUT2D eigenvalue weighted by Gasteiger charge is -2.15. The molecular weight excluding hydrogens is 308 g/mol. The number of hydrogen-bond donors (Lipinski definition) is 4. The van der Waals surface area contributed by atoms with Gasteiger partial charge in [0.1, 0.15) is 12.3 Å². The maximum Gasteiger partial charge on any atom is 0.321 e. The first kappa shape index (κ1) is 21.7. The van der Waals surface area contributed by atoms with Crippen molar-refractivity contribution in [3.8, 4) is 6.07 Å². The molecule has 1 saturated carbocycles. The van der Waals surface area contributed by atoms with Crippen LogP contribution in [0.25, 0.3) is 0 Å². The van der Waals surface area contributed by atoms with Crippen molar-refractivity contribution in [3.63, 3.8) is 0 Å². The molecule has 0 spiro atoms. The number of aldehydes is 1. The van der Waals surface area contributed by atoms with E-state index in [1.807, 2.05) is 6.07 Å². The Labute approximate surface area is 142 Å². The summed E-state index contributed by atoms with van der Waals surface area (Å²) in [6.07, 6.45) is 7.41. The van der Waals surface area contributed by atoms with E-state index < -0.39 is 12.0 Å². The van der Waals surface area contributed by atoms with E-state index in [1.54, 1.807) is 24.3 Å². The molecule has 1 fully saturated rings. The molecule has 0 bridgehead atoms. The molecular formula is C17H26N4O3. The Morgan fingerprint density at radius 3 is 2.08 bits per heavy atom. The lowest BCUT2D eigenvalue weighted by Crippen LogP contribution is -2.37. The summed E-state index contributed by atoms with van der Waals surface area (Å²) in [6, 6.07) is 8.06. The molecule has 24 heavy (non-hydrogen) atoms. The zero-order valence-electron chi connectivity index (χ0n) is 13.7. The summed E-state index contributed by atoms with van der Waals surface area (Å²) in [5.41, 5.74) is 16.6. The predicted molar refractivity (Wildman–Crippen MR) is 92.3 cm³/mol. The van der Waals surface area contributed by atoms with E-state index in [0.29, 0.717) is 17.2 Å². The van der Waals surface area contributed by atoms with Crippen molar-refractivity contribution in [2.24, 2.45) is 17.2 Å². The smallest absolute Gasteiger partial charge is 0.321 e. The van der Waals surface area contributed by atoms with Gasteiger partial charge in [-0.15, -0.1) is 0 Å². The number of carbonyl (C=O) groups is 2. The number of benzene rings is 1. The van der Waals surface area contributed by atoms with E-state index in [9.17, 15) is 9.59 Å². The van der Waals surface area contributed by atoms with Crippen molar-refractivity contribution in [2.75, 3.05) is 6.54 Å². The second-order valence-corrected chi connectivity index (χ2v) is 5.43. The van der Waals surface area contributed by atoms with E-state index in [0.717, 1.165) is 6.29 Å². The average Bonchev–Trinajstić information content (AvgIpc) is 2.62. The van der Waals surface area contributed by atoms with Crippen LogP contribution in [0.1, 0.15) is 48.0 Å². The minimum absolute atomic E-state index is 0.00463. The van der Waals surface area contributed by atoms with Gasteiger partial charge in [0, 0.05) is 18.2 Å². The van der Waals surface area contributed by atoms with Crippen LogP contribution in [-0.2, 0) is 4.79 Å². The highest BCUT2D eigenvalue weighted by Crippen LogP contribution is 2.14. The number of nitrogens with zero attached hydrogens (tertiary/aromatic N) is 1. The summed E-state index contributed by atoms with van der Waals surface area (Å²) in [7, 11) is 0. The van der Waals surface area contributed by atoms with Gasteiger partial charge in [0.25, 0.3) is 0 Å².